The highest BCUT2D eigenvalue weighted by Gasteiger charge is 2.59. The lowest BCUT2D eigenvalue weighted by Crippen LogP contribution is -2.55. The van der Waals surface area contributed by atoms with E-state index in [0.717, 1.165) is 31.3 Å². The zero-order valence-corrected chi connectivity index (χ0v) is 21.7. The predicted molar refractivity (Wildman–Crippen MR) is 135 cm³/mol. The molecular formula is C23H28F3N7O3S. The van der Waals surface area contributed by atoms with E-state index in [4.69, 9.17) is 9.72 Å². The Labute approximate surface area is 212 Å². The first-order chi connectivity index (χ1) is 17.3. The van der Waals surface area contributed by atoms with Crippen LogP contribution in [0.4, 0.5) is 24.7 Å². The van der Waals surface area contributed by atoms with Crippen LogP contribution in [0.25, 0.3) is 11.2 Å². The predicted octanol–water partition coefficient (Wildman–Crippen LogP) is 3.26. The monoisotopic (exact) mass is 539 g/mol. The molecule has 2 N–H and O–H groups in total. The molecule has 0 saturated heterocycles. The molecule has 4 heterocycles. The summed E-state index contributed by atoms with van der Waals surface area (Å²) in [6.45, 7) is 1.60. The van der Waals surface area contributed by atoms with Crippen LogP contribution < -0.4 is 16.2 Å². The zero-order chi connectivity index (χ0) is 26.8. The Morgan fingerprint density at radius 2 is 1.95 bits per heavy atom. The number of amides is 1. The van der Waals surface area contributed by atoms with Crippen molar-refractivity contribution in [3.8, 4) is 0 Å². The summed E-state index contributed by atoms with van der Waals surface area (Å²) in [5.74, 6) is 1.21. The van der Waals surface area contributed by atoms with Crippen molar-refractivity contribution in [1.82, 2.24) is 29.4 Å². The third-order valence-corrected chi connectivity index (χ3v) is 7.88. The second-order valence-corrected chi connectivity index (χ2v) is 14.9. The van der Waals surface area contributed by atoms with Gasteiger partial charge in [0.25, 0.3) is 11.5 Å². The number of nitrogens with zero attached hydrogens (tertiary/aromatic N) is 5. The molecule has 1 saturated carbocycles. The van der Waals surface area contributed by atoms with E-state index in [9.17, 15) is 22.8 Å². The lowest BCUT2D eigenvalue weighted by molar-refractivity contribution is -0.213. The largest absolute Gasteiger partial charge is 0.430 e. The Hall–Kier alpha value is -3.13. The van der Waals surface area contributed by atoms with Crippen molar-refractivity contribution in [2.24, 2.45) is 0 Å². The summed E-state index contributed by atoms with van der Waals surface area (Å²) >= 11 is 0. The van der Waals surface area contributed by atoms with Crippen molar-refractivity contribution in [3.63, 3.8) is 0 Å². The van der Waals surface area contributed by atoms with Crippen molar-refractivity contribution in [2.75, 3.05) is 36.4 Å². The Bertz CT molecular complexity index is 1440. The van der Waals surface area contributed by atoms with Crippen molar-refractivity contribution in [2.45, 2.75) is 44.3 Å². The number of anilines is 2. The van der Waals surface area contributed by atoms with Crippen molar-refractivity contribution < 1.29 is 22.7 Å². The molecule has 1 aliphatic heterocycles. The Balaban J connectivity index is 1.50. The van der Waals surface area contributed by atoms with E-state index in [1.165, 1.54) is 18.5 Å². The number of carbonyl (C=O) groups is 1. The molecule has 14 heteroatoms. The van der Waals surface area contributed by atoms with Crippen LogP contribution in [0.1, 0.15) is 42.0 Å². The number of pyridine rings is 1. The summed E-state index contributed by atoms with van der Waals surface area (Å²) < 4.78 is 49.7. The summed E-state index contributed by atoms with van der Waals surface area (Å²) in [4.78, 5) is 38.7. The van der Waals surface area contributed by atoms with Gasteiger partial charge in [-0.1, -0.05) is 0 Å². The molecule has 1 unspecified atom stereocenters. The summed E-state index contributed by atoms with van der Waals surface area (Å²) in [7, 11) is -0.706. The third-order valence-electron chi connectivity index (χ3n) is 6.49. The van der Waals surface area contributed by atoms with Crippen LogP contribution >= 0.6 is 10.0 Å². The van der Waals surface area contributed by atoms with Gasteiger partial charge in [0.15, 0.2) is 17.0 Å². The van der Waals surface area contributed by atoms with Gasteiger partial charge in [0, 0.05) is 11.7 Å². The first-order valence-corrected chi connectivity index (χ1v) is 14.7. The van der Waals surface area contributed by atoms with E-state index in [2.05, 4.69) is 34.1 Å². The van der Waals surface area contributed by atoms with Crippen LogP contribution in [-0.4, -0.2) is 67.3 Å². The first-order valence-electron chi connectivity index (χ1n) is 11.7. The molecule has 5 rings (SSSR count). The fraction of sp³-hybridized carbons (Fsp3) is 0.522. The van der Waals surface area contributed by atoms with Gasteiger partial charge >= 0.3 is 6.18 Å². The van der Waals surface area contributed by atoms with Crippen LogP contribution in [0.5, 0.6) is 0 Å². The minimum absolute atomic E-state index is 0.174. The number of aromatic nitrogens is 5. The summed E-state index contributed by atoms with van der Waals surface area (Å²) in [5, 5.41) is 4.71. The van der Waals surface area contributed by atoms with Crippen molar-refractivity contribution in [3.05, 3.63) is 40.3 Å². The number of rotatable bonds is 8. The van der Waals surface area contributed by atoms with E-state index in [1.807, 2.05) is 9.88 Å². The van der Waals surface area contributed by atoms with Crippen LogP contribution in [0.2, 0.25) is 0 Å². The molecule has 3 aromatic heterocycles. The van der Waals surface area contributed by atoms with Gasteiger partial charge in [0.05, 0.1) is 6.61 Å². The summed E-state index contributed by atoms with van der Waals surface area (Å²) in [6, 6.07) is 2.44. The van der Waals surface area contributed by atoms with E-state index in [0.29, 0.717) is 22.3 Å². The number of hydrogen-bond acceptors (Lipinski definition) is 7. The van der Waals surface area contributed by atoms with Crippen molar-refractivity contribution >= 4 is 38.6 Å². The van der Waals surface area contributed by atoms with Crippen LogP contribution in [0.15, 0.2) is 23.3 Å². The summed E-state index contributed by atoms with van der Waals surface area (Å²) in [5.41, 5.74) is -3.56. The first kappa shape index (κ1) is 25.5. The minimum Gasteiger partial charge on any atom is -0.360 e. The Morgan fingerprint density at radius 3 is 2.59 bits per heavy atom. The average molecular weight is 540 g/mol. The molecule has 0 aromatic carbocycles. The molecular weight excluding hydrogens is 511 g/mol. The van der Waals surface area contributed by atoms with Gasteiger partial charge < -0.3 is 15.4 Å². The number of ether oxygens (including phenoxy) is 1. The molecule has 1 amide bonds. The highest BCUT2D eigenvalue weighted by molar-refractivity contribution is 8.32. The second-order valence-electron chi connectivity index (χ2n) is 10.3. The molecule has 2 aliphatic rings. The molecule has 3 aromatic rings. The number of alkyl halides is 3. The number of nitrogens with one attached hydrogen (secondary N) is 2. The molecule has 200 valence electrons. The molecule has 37 heavy (non-hydrogen) atoms. The Morgan fingerprint density at radius 1 is 1.22 bits per heavy atom. The maximum Gasteiger partial charge on any atom is 0.430 e. The molecule has 0 spiro atoms. The van der Waals surface area contributed by atoms with E-state index < -0.39 is 33.3 Å². The normalized spacial score (nSPS) is 20.2. The minimum atomic E-state index is -4.90. The number of halogens is 3. The lowest BCUT2D eigenvalue weighted by atomic mass is 10.2. The second kappa shape index (κ2) is 8.72. The smallest absolute Gasteiger partial charge is 0.360 e. The zero-order valence-electron chi connectivity index (χ0n) is 20.8. The van der Waals surface area contributed by atoms with Crippen LogP contribution in [0, 0.1) is 0 Å². The van der Waals surface area contributed by atoms with E-state index in [1.54, 1.807) is 0 Å². The molecule has 0 radical (unpaired) electrons. The molecule has 10 nitrogen and oxygen atoms in total. The lowest BCUT2D eigenvalue weighted by Gasteiger charge is -2.29. The number of fused-ring (bicyclic) bond motifs is 2. The molecule has 1 atom stereocenters. The fourth-order valence-corrected chi connectivity index (χ4v) is 4.83. The summed E-state index contributed by atoms with van der Waals surface area (Å²) in [6.07, 6.45) is 5.01. The highest BCUT2D eigenvalue weighted by atomic mass is 32.3. The standard InChI is InChI=1S/C23H28F3N7O3S/c1-22(23(24,25)26)31-20(34)15-8-7-14(21(35)33(15)22)29-17-16-19(28-11-27-17)32(18(30-16)13-5-6-13)12-36-9-10-37(2,3)4/h7-8,11,13H,5-6,9-10,12H2,1-4H3,(H,31,34)(H,27,28,29). The van der Waals surface area contributed by atoms with Gasteiger partial charge in [-0.15, -0.1) is 0 Å². The molecule has 1 aliphatic carbocycles. The van der Waals surface area contributed by atoms with Gasteiger partial charge in [0.2, 0.25) is 5.66 Å². The van der Waals surface area contributed by atoms with Gasteiger partial charge in [-0.05, 0) is 50.7 Å². The SMILES string of the molecule is CC1(C(F)(F)F)NC(=O)c2ccc(Nc3ncnc4c3nc(C3CC3)n4COCCS(C)(C)C)c(=O)n21. The number of imidazole rings is 1. The quantitative estimate of drug-likeness (QED) is 0.422. The third kappa shape index (κ3) is 4.56. The number of carbonyl (C=O) groups excluding carboxylic acids is 1. The fourth-order valence-electron chi connectivity index (χ4n) is 4.21. The van der Waals surface area contributed by atoms with E-state index >= 15 is 0 Å². The number of hydrogen-bond donors (Lipinski definition) is 2. The maximum absolute atomic E-state index is 13.8. The average Bonchev–Trinajstić information content (AvgIpc) is 3.51. The Kier molecular flexibility index (Phi) is 6.01. The van der Waals surface area contributed by atoms with E-state index in [-0.39, 0.29) is 29.8 Å². The van der Waals surface area contributed by atoms with Gasteiger partial charge in [0.1, 0.15) is 30.3 Å². The van der Waals surface area contributed by atoms with Crippen LogP contribution in [0.3, 0.4) is 0 Å². The van der Waals surface area contributed by atoms with Crippen molar-refractivity contribution in [1.29, 1.82) is 0 Å². The maximum atomic E-state index is 13.8. The molecule has 0 bridgehead atoms. The van der Waals surface area contributed by atoms with Crippen LogP contribution in [-0.2, 0) is 17.1 Å². The highest BCUT2D eigenvalue weighted by Crippen LogP contribution is 2.42. The molecule has 1 fully saturated rings. The van der Waals surface area contributed by atoms with Gasteiger partial charge in [-0.25, -0.2) is 25.0 Å². The van der Waals surface area contributed by atoms with Gasteiger partial charge in [-0.3, -0.25) is 18.7 Å². The van der Waals surface area contributed by atoms with Gasteiger partial charge in [-0.2, -0.15) is 13.2 Å². The topological polar surface area (TPSA) is 116 Å².